The number of carbonyl (C=O) groups is 2. The lowest BCUT2D eigenvalue weighted by Crippen LogP contribution is -2.29. The predicted octanol–water partition coefficient (Wildman–Crippen LogP) is 11.4. The number of aliphatic hydroxyl groups excluding tert-OH is 1. The summed E-state index contributed by atoms with van der Waals surface area (Å²) in [5.41, 5.74) is 5.34. The Morgan fingerprint density at radius 1 is 0.586 bits per heavy atom. The number of rotatable bonds is 38. The van der Waals surface area contributed by atoms with E-state index in [9.17, 15) is 24.2 Å². The van der Waals surface area contributed by atoms with Gasteiger partial charge in [0.15, 0.2) is 6.10 Å². The van der Waals surface area contributed by atoms with Crippen LogP contribution in [0, 0.1) is 0 Å². The molecule has 3 atom stereocenters. The topological polar surface area (TPSA) is 155 Å². The number of allylic oxidation sites excluding steroid dienone is 18. The maximum atomic E-state index is 12.6. The number of nitrogens with two attached hydrogens (primary N) is 1. The standard InChI is InChI=1S/C47H76NO9P/c1-3-5-6-7-8-9-10-11-12-13-14-15-16-21-24-27-30-33-36-39-47(51)57-45(43-56-58(52,53)55-41-40-48)42-54-46(50)38-35-32-29-26-23-20-18-17-19-22-25-28-31-34-37-44(49)4-2/h5-6,8-9,11-12,14-15,18-22,24,26,28-29,31,44-45,49H,3-4,7,10,13,16-17,23,25,27,30,32-43,48H2,1-2H3,(H,52,53)/b6-5-,9-8-,12-11-,15-14-,20-18-,22-19-,24-21-,29-26-,31-28-/t44-,45+/m0/s1. The largest absolute Gasteiger partial charge is 0.472 e. The molecule has 0 heterocycles. The predicted molar refractivity (Wildman–Crippen MR) is 239 cm³/mol. The highest BCUT2D eigenvalue weighted by Gasteiger charge is 2.25. The molecular formula is C47H76NO9P. The fraction of sp³-hybridized carbons (Fsp3) is 0.574. The summed E-state index contributed by atoms with van der Waals surface area (Å²) in [6.07, 6.45) is 52.1. The molecule has 0 saturated heterocycles. The van der Waals surface area contributed by atoms with Crippen LogP contribution in [0.4, 0.5) is 0 Å². The van der Waals surface area contributed by atoms with Crippen molar-refractivity contribution in [1.29, 1.82) is 0 Å². The van der Waals surface area contributed by atoms with Crippen LogP contribution in [0.2, 0.25) is 0 Å². The second kappa shape index (κ2) is 41.8. The Morgan fingerprint density at radius 3 is 1.55 bits per heavy atom. The van der Waals surface area contributed by atoms with E-state index < -0.39 is 32.5 Å². The Bertz CT molecular complexity index is 1330. The number of hydrogen-bond donors (Lipinski definition) is 3. The summed E-state index contributed by atoms with van der Waals surface area (Å²) in [6.45, 7) is 3.19. The average Bonchev–Trinajstić information content (AvgIpc) is 3.21. The Kier molecular flexibility index (Phi) is 39.4. The number of hydrogen-bond acceptors (Lipinski definition) is 9. The summed E-state index contributed by atoms with van der Waals surface area (Å²) >= 11 is 0. The lowest BCUT2D eigenvalue weighted by molar-refractivity contribution is -0.161. The quantitative estimate of drug-likeness (QED) is 0.0237. The van der Waals surface area contributed by atoms with Gasteiger partial charge in [0.05, 0.1) is 19.3 Å². The van der Waals surface area contributed by atoms with Crippen LogP contribution >= 0.6 is 7.82 Å². The first-order valence-corrected chi connectivity index (χ1v) is 22.9. The third-order valence-electron chi connectivity index (χ3n) is 8.31. The second-order valence-electron chi connectivity index (χ2n) is 13.6. The summed E-state index contributed by atoms with van der Waals surface area (Å²) in [7, 11) is -4.41. The van der Waals surface area contributed by atoms with Crippen molar-refractivity contribution in [1.82, 2.24) is 0 Å². The zero-order chi connectivity index (χ0) is 42.6. The number of unbranched alkanes of at least 4 members (excludes halogenated alkanes) is 4. The van der Waals surface area contributed by atoms with E-state index in [0.717, 1.165) is 89.9 Å². The Morgan fingerprint density at radius 2 is 1.05 bits per heavy atom. The summed E-state index contributed by atoms with van der Waals surface area (Å²) in [5.74, 6) is -0.964. The highest BCUT2D eigenvalue weighted by atomic mass is 31.2. The van der Waals surface area contributed by atoms with Gasteiger partial charge in [-0.2, -0.15) is 0 Å². The molecule has 0 rings (SSSR count). The third kappa shape index (κ3) is 40.8. The van der Waals surface area contributed by atoms with Crippen LogP contribution in [0.5, 0.6) is 0 Å². The van der Waals surface area contributed by atoms with E-state index in [1.807, 2.05) is 13.0 Å². The molecule has 0 fully saturated rings. The van der Waals surface area contributed by atoms with E-state index in [0.29, 0.717) is 19.3 Å². The molecule has 0 aliphatic carbocycles. The molecule has 0 bridgehead atoms. The molecule has 0 aliphatic heterocycles. The molecule has 0 spiro atoms. The molecule has 4 N–H and O–H groups in total. The van der Waals surface area contributed by atoms with Gasteiger partial charge in [-0.15, -0.1) is 0 Å². The zero-order valence-electron chi connectivity index (χ0n) is 35.6. The molecule has 11 heteroatoms. The summed E-state index contributed by atoms with van der Waals surface area (Å²) in [6, 6.07) is 0. The summed E-state index contributed by atoms with van der Waals surface area (Å²) < 4.78 is 32.7. The molecule has 328 valence electrons. The van der Waals surface area contributed by atoms with Gasteiger partial charge in [-0.1, -0.05) is 130 Å². The van der Waals surface area contributed by atoms with Gasteiger partial charge in [-0.3, -0.25) is 18.6 Å². The molecule has 1 unspecified atom stereocenters. The fourth-order valence-corrected chi connectivity index (χ4v) is 5.75. The van der Waals surface area contributed by atoms with Crippen molar-refractivity contribution < 1.29 is 42.7 Å². The Balaban J connectivity index is 4.36. The molecule has 10 nitrogen and oxygen atoms in total. The minimum absolute atomic E-state index is 0.0283. The van der Waals surface area contributed by atoms with Gasteiger partial charge in [-0.05, 0) is 103 Å². The molecule has 0 aromatic heterocycles. The van der Waals surface area contributed by atoms with Crippen molar-refractivity contribution in [3.63, 3.8) is 0 Å². The van der Waals surface area contributed by atoms with E-state index in [1.54, 1.807) is 0 Å². The monoisotopic (exact) mass is 830 g/mol. The maximum absolute atomic E-state index is 12.6. The number of ether oxygens (including phenoxy) is 2. The van der Waals surface area contributed by atoms with E-state index in [-0.39, 0.29) is 38.7 Å². The van der Waals surface area contributed by atoms with Crippen molar-refractivity contribution in [2.45, 2.75) is 148 Å². The minimum Gasteiger partial charge on any atom is -0.462 e. The van der Waals surface area contributed by atoms with E-state index >= 15 is 0 Å². The number of carbonyl (C=O) groups excluding carboxylic acids is 2. The molecule has 0 amide bonds. The normalized spacial score (nSPS) is 14.9. The van der Waals surface area contributed by atoms with Gasteiger partial charge >= 0.3 is 19.8 Å². The maximum Gasteiger partial charge on any atom is 0.472 e. The second-order valence-corrected chi connectivity index (χ2v) is 15.1. The van der Waals surface area contributed by atoms with Crippen molar-refractivity contribution in [3.05, 3.63) is 109 Å². The number of phosphoric acid groups is 1. The zero-order valence-corrected chi connectivity index (χ0v) is 36.5. The number of phosphoric ester groups is 1. The van der Waals surface area contributed by atoms with Gasteiger partial charge in [0.2, 0.25) is 0 Å². The third-order valence-corrected chi connectivity index (χ3v) is 9.29. The van der Waals surface area contributed by atoms with Gasteiger partial charge in [0.25, 0.3) is 0 Å². The fourth-order valence-electron chi connectivity index (χ4n) is 4.98. The lowest BCUT2D eigenvalue weighted by Gasteiger charge is -2.19. The molecule has 0 aromatic carbocycles. The van der Waals surface area contributed by atoms with Gasteiger partial charge in [-0.25, -0.2) is 4.57 Å². The van der Waals surface area contributed by atoms with Crippen LogP contribution in [0.3, 0.4) is 0 Å². The van der Waals surface area contributed by atoms with Crippen LogP contribution in [-0.4, -0.2) is 60.5 Å². The summed E-state index contributed by atoms with van der Waals surface area (Å²) in [4.78, 5) is 34.8. The van der Waals surface area contributed by atoms with E-state index in [4.69, 9.17) is 24.3 Å². The van der Waals surface area contributed by atoms with Gasteiger partial charge in [0.1, 0.15) is 6.61 Å². The smallest absolute Gasteiger partial charge is 0.462 e. The van der Waals surface area contributed by atoms with Crippen LogP contribution in [0.1, 0.15) is 136 Å². The van der Waals surface area contributed by atoms with Gasteiger partial charge in [0, 0.05) is 19.4 Å². The number of esters is 2. The first kappa shape index (κ1) is 54.6. The molecule has 0 radical (unpaired) electrons. The molecule has 0 aromatic rings. The van der Waals surface area contributed by atoms with Crippen LogP contribution in [0.25, 0.3) is 0 Å². The molecule has 0 saturated carbocycles. The first-order chi connectivity index (χ1) is 28.2. The highest BCUT2D eigenvalue weighted by molar-refractivity contribution is 7.47. The first-order valence-electron chi connectivity index (χ1n) is 21.4. The highest BCUT2D eigenvalue weighted by Crippen LogP contribution is 2.43. The van der Waals surface area contributed by atoms with E-state index in [1.165, 1.54) is 0 Å². The number of aliphatic hydroxyl groups is 1. The lowest BCUT2D eigenvalue weighted by atomic mass is 10.1. The minimum atomic E-state index is -4.41. The van der Waals surface area contributed by atoms with Gasteiger partial charge < -0.3 is 25.2 Å². The summed E-state index contributed by atoms with van der Waals surface area (Å²) in [5, 5.41) is 9.55. The van der Waals surface area contributed by atoms with Crippen molar-refractivity contribution in [2.75, 3.05) is 26.4 Å². The van der Waals surface area contributed by atoms with Crippen LogP contribution in [0.15, 0.2) is 109 Å². The molecular weight excluding hydrogens is 753 g/mol. The van der Waals surface area contributed by atoms with E-state index in [2.05, 4.69) is 110 Å². The Labute approximate surface area is 351 Å². The van der Waals surface area contributed by atoms with Crippen molar-refractivity contribution >= 4 is 19.8 Å². The molecule has 58 heavy (non-hydrogen) atoms. The average molecular weight is 830 g/mol. The van der Waals surface area contributed by atoms with Crippen molar-refractivity contribution in [3.8, 4) is 0 Å². The van der Waals surface area contributed by atoms with Crippen molar-refractivity contribution in [2.24, 2.45) is 5.73 Å². The Hall–Kier alpha value is -3.37. The SMILES string of the molecule is CC/C=C\C/C=C\C/C=C\C/C=C\C/C=C\CCCCCC(=O)O[C@H](COC(=O)CCC/C=C\C/C=C\C/C=C\C/C=C\CC[C@@H](O)CC)COP(=O)(O)OCCN. The van der Waals surface area contributed by atoms with Crippen LogP contribution < -0.4 is 5.73 Å². The van der Waals surface area contributed by atoms with Crippen LogP contribution in [-0.2, 0) is 32.7 Å². The molecule has 0 aliphatic rings.